The monoisotopic (exact) mass is 454 g/mol. The SMILES string of the molecule is Cc1ccc2nc(-c3ccc(NC(=O)c4cc(-c5ccc6c(c5)OCO6)n[nH]4)cc3)sc2c1. The Morgan fingerprint density at radius 2 is 1.79 bits per heavy atom. The van der Waals surface area contributed by atoms with Crippen LogP contribution in [0.3, 0.4) is 0 Å². The zero-order valence-corrected chi connectivity index (χ0v) is 18.4. The van der Waals surface area contributed by atoms with Gasteiger partial charge in [0, 0.05) is 16.8 Å². The minimum Gasteiger partial charge on any atom is -0.454 e. The number of anilines is 1. The molecule has 1 amide bonds. The number of hydrogen-bond acceptors (Lipinski definition) is 6. The van der Waals surface area contributed by atoms with Crippen molar-refractivity contribution in [2.45, 2.75) is 6.92 Å². The largest absolute Gasteiger partial charge is 0.454 e. The van der Waals surface area contributed by atoms with E-state index in [2.05, 4.69) is 34.6 Å². The molecule has 0 aliphatic carbocycles. The van der Waals surface area contributed by atoms with E-state index in [9.17, 15) is 4.79 Å². The molecular weight excluding hydrogens is 436 g/mol. The summed E-state index contributed by atoms with van der Waals surface area (Å²) in [5.41, 5.74) is 5.78. The molecule has 2 N–H and O–H groups in total. The first-order chi connectivity index (χ1) is 16.1. The smallest absolute Gasteiger partial charge is 0.273 e. The molecule has 0 spiro atoms. The molecule has 3 aromatic carbocycles. The summed E-state index contributed by atoms with van der Waals surface area (Å²) >= 11 is 1.66. The standard InChI is InChI=1S/C25H18N4O3S/c1-14-2-8-18-23(10-14)33-25(27-18)15-3-6-17(7-4-15)26-24(30)20-12-19(28-29-20)16-5-9-21-22(11-16)32-13-31-21/h2-12H,13H2,1H3,(H,26,30)(H,28,29). The number of rotatable bonds is 4. The van der Waals surface area contributed by atoms with E-state index < -0.39 is 0 Å². The maximum Gasteiger partial charge on any atom is 0.273 e. The summed E-state index contributed by atoms with van der Waals surface area (Å²) < 4.78 is 11.9. The number of nitrogens with one attached hydrogen (secondary N) is 2. The van der Waals surface area contributed by atoms with Gasteiger partial charge in [-0.15, -0.1) is 11.3 Å². The van der Waals surface area contributed by atoms with Gasteiger partial charge >= 0.3 is 0 Å². The van der Waals surface area contributed by atoms with Crippen molar-refractivity contribution in [3.8, 4) is 33.3 Å². The molecule has 3 heterocycles. The molecule has 1 aliphatic rings. The number of thiazole rings is 1. The fourth-order valence-corrected chi connectivity index (χ4v) is 4.76. The Kier molecular flexibility index (Phi) is 4.58. The molecule has 0 saturated heterocycles. The van der Waals surface area contributed by atoms with Gasteiger partial charge in [-0.05, 0) is 73.2 Å². The summed E-state index contributed by atoms with van der Waals surface area (Å²) in [6, 6.07) is 21.2. The Hall–Kier alpha value is -4.17. The minimum atomic E-state index is -0.266. The summed E-state index contributed by atoms with van der Waals surface area (Å²) in [6.07, 6.45) is 0. The van der Waals surface area contributed by atoms with Gasteiger partial charge in [0.15, 0.2) is 11.5 Å². The zero-order valence-electron chi connectivity index (χ0n) is 17.6. The molecule has 1 aliphatic heterocycles. The topological polar surface area (TPSA) is 89.1 Å². The highest BCUT2D eigenvalue weighted by Gasteiger charge is 2.17. The molecule has 0 saturated carbocycles. The summed E-state index contributed by atoms with van der Waals surface area (Å²) in [4.78, 5) is 17.4. The predicted molar refractivity (Wildman–Crippen MR) is 128 cm³/mol. The van der Waals surface area contributed by atoms with Gasteiger partial charge in [0.1, 0.15) is 10.7 Å². The van der Waals surface area contributed by atoms with Crippen molar-refractivity contribution in [1.29, 1.82) is 0 Å². The third-order valence-electron chi connectivity index (χ3n) is 5.42. The van der Waals surface area contributed by atoms with E-state index in [1.165, 1.54) is 10.3 Å². The Balaban J connectivity index is 1.17. The number of fused-ring (bicyclic) bond motifs is 2. The number of benzene rings is 3. The van der Waals surface area contributed by atoms with Gasteiger partial charge < -0.3 is 14.8 Å². The number of carbonyl (C=O) groups excluding carboxylic acids is 1. The molecule has 0 bridgehead atoms. The van der Waals surface area contributed by atoms with Gasteiger partial charge in [-0.25, -0.2) is 4.98 Å². The van der Waals surface area contributed by atoms with Gasteiger partial charge in [-0.1, -0.05) is 6.07 Å². The molecule has 0 fully saturated rings. The Morgan fingerprint density at radius 1 is 0.970 bits per heavy atom. The van der Waals surface area contributed by atoms with Crippen LogP contribution in [0.1, 0.15) is 16.1 Å². The molecule has 0 atom stereocenters. The van der Waals surface area contributed by atoms with Crippen LogP contribution in [0.15, 0.2) is 66.7 Å². The predicted octanol–water partition coefficient (Wildman–Crippen LogP) is 5.64. The van der Waals surface area contributed by atoms with E-state index in [0.717, 1.165) is 21.7 Å². The maximum absolute atomic E-state index is 12.7. The van der Waals surface area contributed by atoms with Crippen LogP contribution in [0.5, 0.6) is 11.5 Å². The molecule has 33 heavy (non-hydrogen) atoms. The first-order valence-electron chi connectivity index (χ1n) is 10.4. The number of carbonyl (C=O) groups is 1. The van der Waals surface area contributed by atoms with Crippen LogP contribution in [0.2, 0.25) is 0 Å². The van der Waals surface area contributed by atoms with Crippen molar-refractivity contribution in [2.75, 3.05) is 12.1 Å². The summed E-state index contributed by atoms with van der Waals surface area (Å²) in [5.74, 6) is 1.11. The van der Waals surface area contributed by atoms with Crippen LogP contribution < -0.4 is 14.8 Å². The van der Waals surface area contributed by atoms with Crippen LogP contribution in [0, 0.1) is 6.92 Å². The van der Waals surface area contributed by atoms with Crippen molar-refractivity contribution >= 4 is 33.1 Å². The van der Waals surface area contributed by atoms with Crippen LogP contribution in [0.4, 0.5) is 5.69 Å². The number of hydrogen-bond donors (Lipinski definition) is 2. The number of H-pyrrole nitrogens is 1. The molecular formula is C25H18N4O3S. The third kappa shape index (κ3) is 3.70. The molecule has 162 valence electrons. The van der Waals surface area contributed by atoms with Crippen LogP contribution in [-0.4, -0.2) is 27.9 Å². The molecule has 2 aromatic heterocycles. The highest BCUT2D eigenvalue weighted by Crippen LogP contribution is 2.35. The van der Waals surface area contributed by atoms with Crippen molar-refractivity contribution in [1.82, 2.24) is 15.2 Å². The van der Waals surface area contributed by atoms with E-state index in [-0.39, 0.29) is 12.7 Å². The van der Waals surface area contributed by atoms with Crippen LogP contribution >= 0.6 is 11.3 Å². The lowest BCUT2D eigenvalue weighted by atomic mass is 10.1. The van der Waals surface area contributed by atoms with E-state index in [1.54, 1.807) is 17.4 Å². The number of aryl methyl sites for hydroxylation is 1. The first kappa shape index (κ1) is 19.5. The highest BCUT2D eigenvalue weighted by atomic mass is 32.1. The highest BCUT2D eigenvalue weighted by molar-refractivity contribution is 7.21. The normalized spacial score (nSPS) is 12.3. The molecule has 6 rings (SSSR count). The second-order valence-electron chi connectivity index (χ2n) is 7.76. The van der Waals surface area contributed by atoms with Crippen LogP contribution in [0.25, 0.3) is 32.0 Å². The quantitative estimate of drug-likeness (QED) is 0.367. The van der Waals surface area contributed by atoms with Crippen molar-refractivity contribution < 1.29 is 14.3 Å². The van der Waals surface area contributed by atoms with E-state index in [1.807, 2.05) is 48.5 Å². The molecule has 5 aromatic rings. The van der Waals surface area contributed by atoms with Gasteiger partial charge in [0.05, 0.1) is 15.9 Å². The molecule has 0 radical (unpaired) electrons. The number of nitrogens with zero attached hydrogens (tertiary/aromatic N) is 2. The van der Waals surface area contributed by atoms with Gasteiger partial charge in [-0.3, -0.25) is 9.89 Å². The van der Waals surface area contributed by atoms with Crippen LogP contribution in [-0.2, 0) is 0 Å². The summed E-state index contributed by atoms with van der Waals surface area (Å²) in [6.45, 7) is 2.29. The van der Waals surface area contributed by atoms with E-state index in [0.29, 0.717) is 28.6 Å². The van der Waals surface area contributed by atoms with Gasteiger partial charge in [0.2, 0.25) is 6.79 Å². The number of amides is 1. The Bertz CT molecular complexity index is 1500. The average molecular weight is 455 g/mol. The lowest BCUT2D eigenvalue weighted by Crippen LogP contribution is -2.12. The fourth-order valence-electron chi connectivity index (χ4n) is 3.69. The second-order valence-corrected chi connectivity index (χ2v) is 8.79. The van der Waals surface area contributed by atoms with E-state index in [4.69, 9.17) is 14.5 Å². The van der Waals surface area contributed by atoms with Crippen molar-refractivity contribution in [3.63, 3.8) is 0 Å². The average Bonchev–Trinajstić information content (AvgIpc) is 3.57. The van der Waals surface area contributed by atoms with Gasteiger partial charge in [-0.2, -0.15) is 5.10 Å². The Morgan fingerprint density at radius 3 is 2.67 bits per heavy atom. The van der Waals surface area contributed by atoms with Gasteiger partial charge in [0.25, 0.3) is 5.91 Å². The number of aromatic nitrogens is 3. The van der Waals surface area contributed by atoms with Crippen molar-refractivity contribution in [3.05, 3.63) is 78.0 Å². The Labute approximate surface area is 193 Å². The lowest BCUT2D eigenvalue weighted by Gasteiger charge is -2.04. The molecule has 8 heteroatoms. The zero-order chi connectivity index (χ0) is 22.4. The second kappa shape index (κ2) is 7.75. The third-order valence-corrected chi connectivity index (χ3v) is 6.49. The lowest BCUT2D eigenvalue weighted by molar-refractivity contribution is 0.102. The number of ether oxygens (including phenoxy) is 2. The van der Waals surface area contributed by atoms with E-state index >= 15 is 0 Å². The summed E-state index contributed by atoms with van der Waals surface area (Å²) in [7, 11) is 0. The summed E-state index contributed by atoms with van der Waals surface area (Å²) in [5, 5.41) is 10.9. The minimum absolute atomic E-state index is 0.213. The molecule has 0 unspecified atom stereocenters. The van der Waals surface area contributed by atoms with Crippen molar-refractivity contribution in [2.24, 2.45) is 0 Å². The molecule has 7 nitrogen and oxygen atoms in total. The maximum atomic E-state index is 12.7. The number of aromatic amines is 1. The fraction of sp³-hybridized carbons (Fsp3) is 0.0800. The first-order valence-corrected chi connectivity index (χ1v) is 11.2.